The van der Waals surface area contributed by atoms with Crippen molar-refractivity contribution in [3.05, 3.63) is 42.0 Å². The molecule has 0 bridgehead atoms. The first-order valence-electron chi connectivity index (χ1n) is 7.06. The second kappa shape index (κ2) is 7.10. The first-order valence-corrected chi connectivity index (χ1v) is 7.06. The number of amides is 1. The minimum absolute atomic E-state index is 0.000124. The highest BCUT2D eigenvalue weighted by Gasteiger charge is 2.20. The number of ether oxygens (including phenoxy) is 1. The summed E-state index contributed by atoms with van der Waals surface area (Å²) >= 11 is 0. The van der Waals surface area contributed by atoms with E-state index in [1.807, 2.05) is 31.2 Å². The molecule has 0 saturated carbocycles. The quantitative estimate of drug-likeness (QED) is 0.782. The third-order valence-electron chi connectivity index (χ3n) is 3.29. The van der Waals surface area contributed by atoms with Crippen molar-refractivity contribution in [2.45, 2.75) is 25.8 Å². The topological polar surface area (TPSA) is 58.6 Å². The van der Waals surface area contributed by atoms with Crippen molar-refractivity contribution in [3.8, 4) is 5.75 Å². The van der Waals surface area contributed by atoms with Crippen molar-refractivity contribution in [1.29, 1.82) is 0 Å². The Morgan fingerprint density at radius 3 is 3.00 bits per heavy atom. The smallest absolute Gasteiger partial charge is 0.251 e. The van der Waals surface area contributed by atoms with E-state index in [2.05, 4.69) is 5.32 Å². The molecule has 0 aliphatic heterocycles. The Labute approximate surface area is 119 Å². The van der Waals surface area contributed by atoms with E-state index in [0.717, 1.165) is 18.6 Å². The molecule has 20 heavy (non-hydrogen) atoms. The lowest BCUT2D eigenvalue weighted by Gasteiger charge is -2.13. The SMILES string of the molecule is CCCOc1cccc(C(=O)N[C@@H]2C=C[C@H](CO)C2)c1. The van der Waals surface area contributed by atoms with E-state index < -0.39 is 0 Å². The average molecular weight is 275 g/mol. The van der Waals surface area contributed by atoms with Crippen LogP contribution in [-0.4, -0.2) is 30.3 Å². The van der Waals surface area contributed by atoms with Gasteiger partial charge in [-0.3, -0.25) is 4.79 Å². The molecule has 2 rings (SSSR count). The van der Waals surface area contributed by atoms with E-state index in [1.54, 1.807) is 12.1 Å². The third-order valence-corrected chi connectivity index (χ3v) is 3.29. The number of hydrogen-bond donors (Lipinski definition) is 2. The molecule has 4 heteroatoms. The average Bonchev–Trinajstić information content (AvgIpc) is 2.93. The lowest BCUT2D eigenvalue weighted by molar-refractivity contribution is 0.0940. The van der Waals surface area contributed by atoms with Crippen LogP contribution in [0.15, 0.2) is 36.4 Å². The van der Waals surface area contributed by atoms with E-state index in [4.69, 9.17) is 9.84 Å². The van der Waals surface area contributed by atoms with E-state index in [0.29, 0.717) is 12.2 Å². The molecular formula is C16H21NO3. The highest BCUT2D eigenvalue weighted by Crippen LogP contribution is 2.18. The van der Waals surface area contributed by atoms with Crippen LogP contribution >= 0.6 is 0 Å². The number of rotatable bonds is 6. The summed E-state index contributed by atoms with van der Waals surface area (Å²) in [6.07, 6.45) is 5.59. The minimum atomic E-state index is -0.111. The molecule has 2 N–H and O–H groups in total. The lowest BCUT2D eigenvalue weighted by Crippen LogP contribution is -2.32. The lowest BCUT2D eigenvalue weighted by atomic mass is 10.1. The van der Waals surface area contributed by atoms with Crippen molar-refractivity contribution in [2.24, 2.45) is 5.92 Å². The summed E-state index contributed by atoms with van der Waals surface area (Å²) in [4.78, 5) is 12.2. The Hall–Kier alpha value is -1.81. The predicted octanol–water partition coefficient (Wildman–Crippen LogP) is 2.14. The Morgan fingerprint density at radius 1 is 1.45 bits per heavy atom. The maximum Gasteiger partial charge on any atom is 0.251 e. The third kappa shape index (κ3) is 3.84. The van der Waals surface area contributed by atoms with Crippen LogP contribution in [0.25, 0.3) is 0 Å². The molecule has 1 aromatic rings. The van der Waals surface area contributed by atoms with Crippen LogP contribution in [0, 0.1) is 5.92 Å². The van der Waals surface area contributed by atoms with Crippen molar-refractivity contribution in [1.82, 2.24) is 5.32 Å². The summed E-state index contributed by atoms with van der Waals surface area (Å²) < 4.78 is 5.52. The van der Waals surface area contributed by atoms with Gasteiger partial charge in [0, 0.05) is 24.1 Å². The zero-order chi connectivity index (χ0) is 14.4. The van der Waals surface area contributed by atoms with Gasteiger partial charge in [0.1, 0.15) is 5.75 Å². The Kier molecular flexibility index (Phi) is 5.18. The van der Waals surface area contributed by atoms with E-state index >= 15 is 0 Å². The van der Waals surface area contributed by atoms with Gasteiger partial charge in [-0.1, -0.05) is 25.1 Å². The van der Waals surface area contributed by atoms with Crippen molar-refractivity contribution in [3.63, 3.8) is 0 Å². The molecule has 1 aromatic carbocycles. The molecule has 2 atom stereocenters. The predicted molar refractivity (Wildman–Crippen MR) is 77.8 cm³/mol. The van der Waals surface area contributed by atoms with E-state index in [-0.39, 0.29) is 24.5 Å². The van der Waals surface area contributed by atoms with Crippen LogP contribution in [0.5, 0.6) is 5.75 Å². The molecule has 0 unspecified atom stereocenters. The van der Waals surface area contributed by atoms with Crippen LogP contribution < -0.4 is 10.1 Å². The van der Waals surface area contributed by atoms with Crippen molar-refractivity contribution in [2.75, 3.05) is 13.2 Å². The first kappa shape index (κ1) is 14.6. The van der Waals surface area contributed by atoms with Gasteiger partial charge in [0.05, 0.1) is 6.61 Å². The summed E-state index contributed by atoms with van der Waals surface area (Å²) in [6, 6.07) is 7.20. The second-order valence-electron chi connectivity index (χ2n) is 5.02. The second-order valence-corrected chi connectivity index (χ2v) is 5.02. The van der Waals surface area contributed by atoms with Gasteiger partial charge in [0.2, 0.25) is 0 Å². The minimum Gasteiger partial charge on any atom is -0.494 e. The molecule has 1 aliphatic carbocycles. The summed E-state index contributed by atoms with van der Waals surface area (Å²) in [7, 11) is 0. The largest absolute Gasteiger partial charge is 0.494 e. The maximum absolute atomic E-state index is 12.2. The van der Waals surface area contributed by atoms with E-state index in [9.17, 15) is 4.79 Å². The molecular weight excluding hydrogens is 254 g/mol. The fraction of sp³-hybridized carbons (Fsp3) is 0.438. The van der Waals surface area contributed by atoms with Gasteiger partial charge in [-0.05, 0) is 31.0 Å². The van der Waals surface area contributed by atoms with Gasteiger partial charge in [-0.25, -0.2) is 0 Å². The van der Waals surface area contributed by atoms with Crippen LogP contribution in [0.3, 0.4) is 0 Å². The van der Waals surface area contributed by atoms with Crippen LogP contribution in [0.2, 0.25) is 0 Å². The molecule has 1 aliphatic rings. The summed E-state index contributed by atoms with van der Waals surface area (Å²) in [5.41, 5.74) is 0.597. The Morgan fingerprint density at radius 2 is 2.30 bits per heavy atom. The van der Waals surface area contributed by atoms with Crippen LogP contribution in [-0.2, 0) is 0 Å². The first-order chi connectivity index (χ1) is 9.72. The number of hydrogen-bond acceptors (Lipinski definition) is 3. The fourth-order valence-electron chi connectivity index (χ4n) is 2.22. The van der Waals surface area contributed by atoms with Gasteiger partial charge in [-0.15, -0.1) is 0 Å². The van der Waals surface area contributed by atoms with E-state index in [1.165, 1.54) is 0 Å². The van der Waals surface area contributed by atoms with Gasteiger partial charge in [0.25, 0.3) is 5.91 Å². The highest BCUT2D eigenvalue weighted by atomic mass is 16.5. The van der Waals surface area contributed by atoms with Gasteiger partial charge in [-0.2, -0.15) is 0 Å². The van der Waals surface area contributed by atoms with Gasteiger partial charge in [0.15, 0.2) is 0 Å². The monoisotopic (exact) mass is 275 g/mol. The zero-order valence-electron chi connectivity index (χ0n) is 11.7. The molecule has 0 fully saturated rings. The standard InChI is InChI=1S/C16H21NO3/c1-2-8-20-15-5-3-4-13(10-15)16(19)17-14-7-6-12(9-14)11-18/h3-7,10,12,14,18H,2,8-9,11H2,1H3,(H,17,19)/t12-,14+/m0/s1. The van der Waals surface area contributed by atoms with Crippen LogP contribution in [0.4, 0.5) is 0 Å². The summed E-state index contributed by atoms with van der Waals surface area (Å²) in [5, 5.41) is 12.0. The number of carbonyl (C=O) groups excluding carboxylic acids is 1. The summed E-state index contributed by atoms with van der Waals surface area (Å²) in [5.74, 6) is 0.759. The van der Waals surface area contributed by atoms with Crippen LogP contribution in [0.1, 0.15) is 30.1 Å². The highest BCUT2D eigenvalue weighted by molar-refractivity contribution is 5.94. The Balaban J connectivity index is 1.94. The molecule has 108 valence electrons. The van der Waals surface area contributed by atoms with Gasteiger partial charge >= 0.3 is 0 Å². The molecule has 0 radical (unpaired) electrons. The molecule has 0 spiro atoms. The fourth-order valence-corrected chi connectivity index (χ4v) is 2.22. The summed E-state index contributed by atoms with van der Waals surface area (Å²) in [6.45, 7) is 2.82. The number of nitrogens with one attached hydrogen (secondary N) is 1. The molecule has 0 heterocycles. The Bertz CT molecular complexity index is 484. The normalized spacial score (nSPS) is 20.9. The molecule has 0 aromatic heterocycles. The van der Waals surface area contributed by atoms with Gasteiger partial charge < -0.3 is 15.2 Å². The molecule has 4 nitrogen and oxygen atoms in total. The molecule has 1 amide bonds. The number of aliphatic hydroxyl groups excluding tert-OH is 1. The maximum atomic E-state index is 12.2. The van der Waals surface area contributed by atoms with Crippen molar-refractivity contribution >= 4 is 5.91 Å². The van der Waals surface area contributed by atoms with Crippen molar-refractivity contribution < 1.29 is 14.6 Å². The number of benzene rings is 1. The zero-order valence-corrected chi connectivity index (χ0v) is 11.7. The number of carbonyl (C=O) groups is 1. The number of aliphatic hydroxyl groups is 1. The molecule has 0 saturated heterocycles.